The first-order valence-corrected chi connectivity index (χ1v) is 12.1. The highest BCUT2D eigenvalue weighted by atomic mass is 19.1. The molecule has 0 radical (unpaired) electrons. The van der Waals surface area contributed by atoms with Crippen molar-refractivity contribution in [1.29, 1.82) is 0 Å². The predicted molar refractivity (Wildman–Crippen MR) is 119 cm³/mol. The number of aliphatic hydroxyl groups excluding tert-OH is 1. The molecule has 1 atom stereocenters. The lowest BCUT2D eigenvalue weighted by Crippen LogP contribution is -2.20. The van der Waals surface area contributed by atoms with Gasteiger partial charge in [0.25, 0.3) is 0 Å². The molecular weight excluding hydrogens is 359 g/mol. The van der Waals surface area contributed by atoms with E-state index in [9.17, 15) is 9.50 Å². The van der Waals surface area contributed by atoms with E-state index in [0.717, 1.165) is 29.7 Å². The first kappa shape index (κ1) is 22.4. The van der Waals surface area contributed by atoms with Crippen molar-refractivity contribution >= 4 is 0 Å². The Labute approximate surface area is 177 Å². The van der Waals surface area contributed by atoms with Crippen LogP contribution in [0.3, 0.4) is 0 Å². The zero-order chi connectivity index (χ0) is 20.5. The summed E-state index contributed by atoms with van der Waals surface area (Å²) in [4.78, 5) is 0. The van der Waals surface area contributed by atoms with E-state index in [-0.39, 0.29) is 5.82 Å². The second kappa shape index (κ2) is 11.8. The maximum absolute atomic E-state index is 12.9. The number of halogens is 1. The quantitative estimate of drug-likeness (QED) is 0.485. The number of hydrogen-bond acceptors (Lipinski definition) is 1. The molecule has 2 fully saturated rings. The molecule has 0 aliphatic heterocycles. The minimum absolute atomic E-state index is 0.253. The van der Waals surface area contributed by atoms with Gasteiger partial charge >= 0.3 is 0 Å². The molecule has 29 heavy (non-hydrogen) atoms. The molecule has 2 heteroatoms. The molecule has 1 unspecified atom stereocenters. The first-order valence-electron chi connectivity index (χ1n) is 12.1. The van der Waals surface area contributed by atoms with Crippen LogP contribution < -0.4 is 0 Å². The van der Waals surface area contributed by atoms with Crippen LogP contribution in [0.25, 0.3) is 0 Å². The topological polar surface area (TPSA) is 20.2 Å². The molecule has 0 amide bonds. The molecule has 2 aliphatic carbocycles. The van der Waals surface area contributed by atoms with Crippen molar-refractivity contribution < 1.29 is 9.50 Å². The number of aliphatic hydroxyl groups is 1. The third-order valence-corrected chi connectivity index (χ3v) is 7.40. The van der Waals surface area contributed by atoms with E-state index in [1.54, 1.807) is 12.1 Å². The van der Waals surface area contributed by atoms with Crippen LogP contribution >= 0.6 is 0 Å². The third-order valence-electron chi connectivity index (χ3n) is 7.40. The fourth-order valence-electron chi connectivity index (χ4n) is 5.52. The second-order valence-corrected chi connectivity index (χ2v) is 9.67. The van der Waals surface area contributed by atoms with E-state index in [2.05, 4.69) is 18.8 Å². The fourth-order valence-corrected chi connectivity index (χ4v) is 5.52. The van der Waals surface area contributed by atoms with E-state index >= 15 is 0 Å². The average molecular weight is 399 g/mol. The van der Waals surface area contributed by atoms with E-state index in [1.807, 2.05) is 0 Å². The monoisotopic (exact) mass is 398 g/mol. The summed E-state index contributed by atoms with van der Waals surface area (Å²) in [5, 5.41) is 10.3. The summed E-state index contributed by atoms with van der Waals surface area (Å²) in [6, 6.07) is 6.15. The molecular formula is C27H39FO. The standard InChI is InChI=1S/C27H39FO/c1-2-3-21-4-6-22(7-5-21)8-9-23-10-12-25(13-11-23)20-27(29)19-16-24-14-17-26(28)18-15-24/h14-15,17-18,21-23,25,27,29H,2-13,20H2,1H3. The maximum Gasteiger partial charge on any atom is 0.123 e. The number of benzene rings is 1. The van der Waals surface area contributed by atoms with Crippen LogP contribution in [0.5, 0.6) is 0 Å². The third kappa shape index (κ3) is 7.78. The zero-order valence-corrected chi connectivity index (χ0v) is 18.2. The van der Waals surface area contributed by atoms with E-state index in [1.165, 1.54) is 89.2 Å². The van der Waals surface area contributed by atoms with Crippen LogP contribution in [-0.4, -0.2) is 11.2 Å². The fraction of sp³-hybridized carbons (Fsp3) is 0.704. The molecule has 0 aromatic heterocycles. The summed E-state index contributed by atoms with van der Waals surface area (Å²) in [6.07, 6.45) is 16.9. The van der Waals surface area contributed by atoms with Crippen LogP contribution in [0.15, 0.2) is 24.3 Å². The van der Waals surface area contributed by atoms with Gasteiger partial charge in [-0.25, -0.2) is 4.39 Å². The van der Waals surface area contributed by atoms with Gasteiger partial charge < -0.3 is 5.11 Å². The molecule has 1 aromatic rings. The Morgan fingerprint density at radius 3 is 1.83 bits per heavy atom. The highest BCUT2D eigenvalue weighted by Gasteiger charge is 2.25. The van der Waals surface area contributed by atoms with Gasteiger partial charge in [0.15, 0.2) is 0 Å². The number of rotatable bonds is 7. The minimum Gasteiger partial charge on any atom is -0.380 e. The first-order chi connectivity index (χ1) is 14.1. The zero-order valence-electron chi connectivity index (χ0n) is 18.2. The molecule has 0 spiro atoms. The van der Waals surface area contributed by atoms with Gasteiger partial charge in [0.2, 0.25) is 0 Å². The smallest absolute Gasteiger partial charge is 0.123 e. The van der Waals surface area contributed by atoms with Gasteiger partial charge in [-0.2, -0.15) is 0 Å². The van der Waals surface area contributed by atoms with Crippen molar-refractivity contribution in [3.8, 4) is 11.8 Å². The Morgan fingerprint density at radius 1 is 0.828 bits per heavy atom. The van der Waals surface area contributed by atoms with Crippen molar-refractivity contribution in [3.05, 3.63) is 35.6 Å². The van der Waals surface area contributed by atoms with Crippen molar-refractivity contribution in [2.45, 2.75) is 96.5 Å². The highest BCUT2D eigenvalue weighted by molar-refractivity contribution is 5.34. The van der Waals surface area contributed by atoms with Crippen molar-refractivity contribution in [1.82, 2.24) is 0 Å². The number of hydrogen-bond donors (Lipinski definition) is 1. The SMILES string of the molecule is CCCC1CCC(CCC2CCC(CC(O)C#Cc3ccc(F)cc3)CC2)CC1. The van der Waals surface area contributed by atoms with Crippen LogP contribution in [0.1, 0.15) is 96.0 Å². The molecule has 0 bridgehead atoms. The lowest BCUT2D eigenvalue weighted by molar-refractivity contribution is 0.157. The molecule has 1 N–H and O–H groups in total. The lowest BCUT2D eigenvalue weighted by atomic mass is 9.74. The van der Waals surface area contributed by atoms with Gasteiger partial charge in [-0.3, -0.25) is 0 Å². The summed E-state index contributed by atoms with van der Waals surface area (Å²) in [5.74, 6) is 9.18. The van der Waals surface area contributed by atoms with E-state index in [4.69, 9.17) is 0 Å². The van der Waals surface area contributed by atoms with Gasteiger partial charge in [-0.15, -0.1) is 0 Å². The summed E-state index contributed by atoms with van der Waals surface area (Å²) >= 11 is 0. The molecule has 1 aromatic carbocycles. The minimum atomic E-state index is -0.570. The Bertz CT molecular complexity index is 639. The normalized spacial score (nSPS) is 28.4. The Kier molecular flexibility index (Phi) is 9.06. The molecule has 1 nitrogen and oxygen atoms in total. The molecule has 0 heterocycles. The summed E-state index contributed by atoms with van der Waals surface area (Å²) < 4.78 is 12.9. The van der Waals surface area contributed by atoms with Gasteiger partial charge in [-0.05, 0) is 54.4 Å². The maximum atomic E-state index is 12.9. The van der Waals surface area contributed by atoms with Gasteiger partial charge in [-0.1, -0.05) is 95.8 Å². The summed E-state index contributed by atoms with van der Waals surface area (Å²) in [6.45, 7) is 2.32. The predicted octanol–water partition coefficient (Wildman–Crippen LogP) is 7.12. The van der Waals surface area contributed by atoms with Crippen LogP contribution in [0.2, 0.25) is 0 Å². The lowest BCUT2D eigenvalue weighted by Gasteiger charge is -2.32. The summed E-state index contributed by atoms with van der Waals surface area (Å²) in [7, 11) is 0. The van der Waals surface area contributed by atoms with Gasteiger partial charge in [0.05, 0.1) is 0 Å². The second-order valence-electron chi connectivity index (χ2n) is 9.67. The highest BCUT2D eigenvalue weighted by Crippen LogP contribution is 2.38. The van der Waals surface area contributed by atoms with E-state index < -0.39 is 6.10 Å². The van der Waals surface area contributed by atoms with Crippen molar-refractivity contribution in [2.75, 3.05) is 0 Å². The summed E-state index contributed by atoms with van der Waals surface area (Å²) in [5.41, 5.74) is 0.762. The largest absolute Gasteiger partial charge is 0.380 e. The van der Waals surface area contributed by atoms with Crippen LogP contribution in [0.4, 0.5) is 4.39 Å². The molecule has 2 saturated carbocycles. The Morgan fingerprint density at radius 2 is 1.31 bits per heavy atom. The van der Waals surface area contributed by atoms with Crippen molar-refractivity contribution in [2.24, 2.45) is 23.7 Å². The van der Waals surface area contributed by atoms with Gasteiger partial charge in [0, 0.05) is 5.56 Å². The molecule has 160 valence electrons. The average Bonchev–Trinajstić information content (AvgIpc) is 2.74. The Balaban J connectivity index is 1.31. The molecule has 2 aliphatic rings. The van der Waals surface area contributed by atoms with E-state index in [0.29, 0.717) is 5.92 Å². The van der Waals surface area contributed by atoms with Gasteiger partial charge in [0.1, 0.15) is 11.9 Å². The van der Waals surface area contributed by atoms with Crippen LogP contribution in [0, 0.1) is 41.3 Å². The van der Waals surface area contributed by atoms with Crippen molar-refractivity contribution in [3.63, 3.8) is 0 Å². The van der Waals surface area contributed by atoms with Crippen LogP contribution in [-0.2, 0) is 0 Å². The Hall–Kier alpha value is -1.33. The molecule has 3 rings (SSSR count). The molecule has 0 saturated heterocycles.